The molecule has 1 aliphatic rings. The Labute approximate surface area is 196 Å². The van der Waals surface area contributed by atoms with Crippen LogP contribution >= 0.6 is 0 Å². The van der Waals surface area contributed by atoms with Crippen molar-refractivity contribution in [1.82, 2.24) is 20.3 Å². The third-order valence-corrected chi connectivity index (χ3v) is 5.12. The Morgan fingerprint density at radius 3 is 2.41 bits per heavy atom. The molecule has 4 aromatic rings. The number of hydrogen-bond donors (Lipinski definition) is 1. The first-order valence-electron chi connectivity index (χ1n) is 10.7. The predicted octanol–water partition coefficient (Wildman–Crippen LogP) is 4.63. The van der Waals surface area contributed by atoms with Crippen LogP contribution in [0.2, 0.25) is 0 Å². The van der Waals surface area contributed by atoms with Crippen molar-refractivity contribution in [3.63, 3.8) is 0 Å². The summed E-state index contributed by atoms with van der Waals surface area (Å²) in [5, 5.41) is 2.91. The van der Waals surface area contributed by atoms with Crippen molar-refractivity contribution < 1.29 is 18.7 Å². The van der Waals surface area contributed by atoms with E-state index >= 15 is 0 Å². The van der Waals surface area contributed by atoms with E-state index < -0.39 is 0 Å². The van der Waals surface area contributed by atoms with Gasteiger partial charge >= 0.3 is 6.01 Å². The van der Waals surface area contributed by atoms with E-state index in [1.54, 1.807) is 31.8 Å². The lowest BCUT2D eigenvalue weighted by Gasteiger charge is -2.25. The third kappa shape index (κ3) is 5.72. The minimum Gasteiger partial charge on any atom is -0.491 e. The van der Waals surface area contributed by atoms with E-state index in [0.29, 0.717) is 30.4 Å². The highest BCUT2D eigenvalue weighted by Gasteiger charge is 2.24. The predicted molar refractivity (Wildman–Crippen MR) is 125 cm³/mol. The maximum absolute atomic E-state index is 12.8. The number of ether oxygens (including phenoxy) is 2. The molecule has 1 unspecified atom stereocenters. The number of aromatic nitrogens is 3. The normalized spacial score (nSPS) is 14.0. The van der Waals surface area contributed by atoms with Crippen LogP contribution in [-0.4, -0.2) is 34.6 Å². The average molecular weight is 458 g/mol. The molecule has 2 aromatic heterocycles. The Bertz CT molecular complexity index is 1220. The number of fused-ring (bicyclic) bond motifs is 1. The molecular weight excluding hydrogens is 435 g/mol. The fourth-order valence-electron chi connectivity index (χ4n) is 3.39. The number of carbonyl (C=O) groups is 1. The number of amides is 1. The Balaban J connectivity index is 0.000000172. The minimum atomic E-state index is -0.361. The summed E-state index contributed by atoms with van der Waals surface area (Å²) in [7, 11) is 1.55. The van der Waals surface area contributed by atoms with Gasteiger partial charge < -0.3 is 14.8 Å². The lowest BCUT2D eigenvalue weighted by atomic mass is 10.1. The monoisotopic (exact) mass is 458 g/mol. The highest BCUT2D eigenvalue weighted by atomic mass is 19.1. The molecular formula is C26H23FN4O3. The third-order valence-electron chi connectivity index (χ3n) is 5.12. The van der Waals surface area contributed by atoms with Crippen molar-refractivity contribution in [2.45, 2.75) is 12.5 Å². The van der Waals surface area contributed by atoms with E-state index in [2.05, 4.69) is 20.3 Å². The molecule has 2 aromatic carbocycles. The van der Waals surface area contributed by atoms with Gasteiger partial charge in [0.15, 0.2) is 0 Å². The summed E-state index contributed by atoms with van der Waals surface area (Å²) in [6, 6.07) is 19.3. The average Bonchev–Trinajstić information content (AvgIpc) is 2.90. The highest BCUT2D eigenvalue weighted by molar-refractivity contribution is 5.94. The van der Waals surface area contributed by atoms with Crippen LogP contribution < -0.4 is 14.8 Å². The summed E-state index contributed by atoms with van der Waals surface area (Å²) in [4.78, 5) is 24.5. The number of carbonyl (C=O) groups excluding carboxylic acids is 1. The molecule has 0 bridgehead atoms. The maximum Gasteiger partial charge on any atom is 0.316 e. The number of methoxy groups -OCH3 is 1. The van der Waals surface area contributed by atoms with E-state index in [1.807, 2.05) is 36.4 Å². The van der Waals surface area contributed by atoms with Crippen molar-refractivity contribution in [3.05, 3.63) is 102 Å². The fourth-order valence-corrected chi connectivity index (χ4v) is 3.39. The molecule has 1 amide bonds. The van der Waals surface area contributed by atoms with Crippen LogP contribution in [0.15, 0.2) is 85.3 Å². The first-order chi connectivity index (χ1) is 16.6. The van der Waals surface area contributed by atoms with E-state index in [0.717, 1.165) is 16.8 Å². The molecule has 0 aliphatic carbocycles. The van der Waals surface area contributed by atoms with Crippen LogP contribution in [0.25, 0.3) is 11.1 Å². The molecule has 1 N–H and O–H groups in total. The zero-order chi connectivity index (χ0) is 23.8. The molecule has 0 saturated carbocycles. The van der Waals surface area contributed by atoms with Gasteiger partial charge in [0.1, 0.15) is 17.3 Å². The van der Waals surface area contributed by atoms with Crippen molar-refractivity contribution >= 4 is 5.91 Å². The van der Waals surface area contributed by atoms with Crippen LogP contribution in [-0.2, 0) is 0 Å². The Morgan fingerprint density at radius 2 is 1.71 bits per heavy atom. The van der Waals surface area contributed by atoms with Crippen LogP contribution in [0.3, 0.4) is 0 Å². The lowest BCUT2D eigenvalue weighted by Crippen LogP contribution is -2.32. The van der Waals surface area contributed by atoms with E-state index in [4.69, 9.17) is 9.47 Å². The minimum absolute atomic E-state index is 0.183. The maximum atomic E-state index is 12.8. The molecule has 1 aliphatic heterocycles. The Morgan fingerprint density at radius 1 is 0.971 bits per heavy atom. The SMILES string of the molecule is COc1ncc(-c2ccccc2)cn1.O=C(NC1CCOc2cccnc21)c1ccc(F)cc1. The number of pyridine rings is 1. The van der Waals surface area contributed by atoms with Gasteiger partial charge in [-0.05, 0) is 42.0 Å². The molecule has 172 valence electrons. The second-order valence-electron chi connectivity index (χ2n) is 7.38. The van der Waals surface area contributed by atoms with Crippen molar-refractivity contribution in [2.24, 2.45) is 0 Å². The largest absolute Gasteiger partial charge is 0.491 e. The summed E-state index contributed by atoms with van der Waals surface area (Å²) in [5.41, 5.74) is 3.26. The Hall–Kier alpha value is -4.33. The molecule has 0 fully saturated rings. The summed E-state index contributed by atoms with van der Waals surface area (Å²) in [6.07, 6.45) is 5.84. The van der Waals surface area contributed by atoms with Crippen molar-refractivity contribution in [3.8, 4) is 22.9 Å². The number of hydrogen-bond acceptors (Lipinski definition) is 6. The molecule has 3 heterocycles. The number of benzene rings is 2. The van der Waals surface area contributed by atoms with Gasteiger partial charge in [0.2, 0.25) is 0 Å². The molecule has 8 heteroatoms. The highest BCUT2D eigenvalue weighted by Crippen LogP contribution is 2.29. The Kier molecular flexibility index (Phi) is 7.39. The number of nitrogens with one attached hydrogen (secondary N) is 1. The van der Waals surface area contributed by atoms with Gasteiger partial charge in [0.25, 0.3) is 5.91 Å². The van der Waals surface area contributed by atoms with Gasteiger partial charge in [-0.2, -0.15) is 0 Å². The van der Waals surface area contributed by atoms with Gasteiger partial charge in [-0.15, -0.1) is 0 Å². The fraction of sp³-hybridized carbons (Fsp3) is 0.154. The molecule has 0 saturated heterocycles. The van der Waals surface area contributed by atoms with E-state index in [9.17, 15) is 9.18 Å². The standard InChI is InChI=1S/C15H13FN2O2.C11H10N2O/c16-11-5-3-10(4-6-11)15(19)18-12-7-9-20-13-2-1-8-17-14(12)13;1-14-11-12-7-10(8-13-11)9-5-3-2-4-6-9/h1-6,8,12H,7,9H2,(H,18,19);2-8H,1H3. The topological polar surface area (TPSA) is 86.2 Å². The second kappa shape index (κ2) is 11.0. The van der Waals surface area contributed by atoms with Crippen LogP contribution in [0.5, 0.6) is 11.8 Å². The van der Waals surface area contributed by atoms with Gasteiger partial charge in [0, 0.05) is 36.1 Å². The van der Waals surface area contributed by atoms with Gasteiger partial charge in [-0.3, -0.25) is 9.78 Å². The molecule has 7 nitrogen and oxygen atoms in total. The molecule has 34 heavy (non-hydrogen) atoms. The lowest BCUT2D eigenvalue weighted by molar-refractivity contribution is 0.0923. The summed E-state index contributed by atoms with van der Waals surface area (Å²) >= 11 is 0. The van der Waals surface area contributed by atoms with Crippen molar-refractivity contribution in [2.75, 3.05) is 13.7 Å². The zero-order valence-electron chi connectivity index (χ0n) is 18.5. The number of halogens is 1. The van der Waals surface area contributed by atoms with Crippen LogP contribution in [0, 0.1) is 5.82 Å². The molecule has 0 radical (unpaired) electrons. The summed E-state index contributed by atoms with van der Waals surface area (Å²) in [6.45, 7) is 0.535. The number of nitrogens with zero attached hydrogens (tertiary/aromatic N) is 3. The van der Waals surface area contributed by atoms with Crippen molar-refractivity contribution in [1.29, 1.82) is 0 Å². The molecule has 0 spiro atoms. The van der Waals surface area contributed by atoms with Crippen LogP contribution in [0.4, 0.5) is 4.39 Å². The zero-order valence-corrected chi connectivity index (χ0v) is 18.5. The number of rotatable bonds is 4. The quantitative estimate of drug-likeness (QED) is 0.480. The molecule has 5 rings (SSSR count). The van der Waals surface area contributed by atoms with Gasteiger partial charge in [0.05, 0.1) is 19.8 Å². The second-order valence-corrected chi connectivity index (χ2v) is 7.38. The first kappa shape index (κ1) is 22.8. The molecule has 1 atom stereocenters. The van der Waals surface area contributed by atoms with E-state index in [1.165, 1.54) is 24.3 Å². The van der Waals surface area contributed by atoms with E-state index in [-0.39, 0.29) is 17.8 Å². The van der Waals surface area contributed by atoms with Gasteiger partial charge in [-0.1, -0.05) is 30.3 Å². The summed E-state index contributed by atoms with van der Waals surface area (Å²) in [5.74, 6) is 0.0938. The smallest absolute Gasteiger partial charge is 0.316 e. The first-order valence-corrected chi connectivity index (χ1v) is 10.7. The van der Waals surface area contributed by atoms with Crippen LogP contribution in [0.1, 0.15) is 28.5 Å². The summed E-state index contributed by atoms with van der Waals surface area (Å²) < 4.78 is 23.2. The van der Waals surface area contributed by atoms with Gasteiger partial charge in [-0.25, -0.2) is 14.4 Å².